The van der Waals surface area contributed by atoms with Crippen LogP contribution in [-0.2, 0) is 6.42 Å². The molecule has 2 heteroatoms. The largest absolute Gasteiger partial charge is 0.300 e. The maximum atomic E-state index is 4.76. The van der Waals surface area contributed by atoms with Gasteiger partial charge in [0.25, 0.3) is 0 Å². The molecule has 0 amide bonds. The van der Waals surface area contributed by atoms with Crippen molar-refractivity contribution in [2.24, 2.45) is 0 Å². The van der Waals surface area contributed by atoms with Crippen molar-refractivity contribution in [2.75, 3.05) is 0 Å². The fourth-order valence-electron chi connectivity index (χ4n) is 2.79. The van der Waals surface area contributed by atoms with Gasteiger partial charge >= 0.3 is 0 Å². The van der Waals surface area contributed by atoms with Crippen molar-refractivity contribution in [3.63, 3.8) is 0 Å². The molecule has 2 heterocycles. The van der Waals surface area contributed by atoms with Crippen LogP contribution in [0, 0.1) is 6.92 Å². The Morgan fingerprint density at radius 3 is 2.88 bits per heavy atom. The smallest absolute Gasteiger partial charge is 0.137 e. The van der Waals surface area contributed by atoms with Gasteiger partial charge in [-0.05, 0) is 24.6 Å². The quantitative estimate of drug-likeness (QED) is 0.445. The molecular weight excluding hydrogens is 208 g/mol. The highest BCUT2D eigenvalue weighted by atomic mass is 15.0. The van der Waals surface area contributed by atoms with Crippen LogP contribution < -0.4 is 0 Å². The molecular formula is C15H12N2. The van der Waals surface area contributed by atoms with E-state index in [4.69, 9.17) is 4.98 Å². The van der Waals surface area contributed by atoms with Gasteiger partial charge in [-0.25, -0.2) is 4.98 Å². The number of imidazole rings is 1. The van der Waals surface area contributed by atoms with E-state index in [2.05, 4.69) is 53.8 Å². The molecule has 17 heavy (non-hydrogen) atoms. The minimum atomic E-state index is 0.998. The molecule has 0 N–H and O–H groups in total. The standard InChI is InChI=1S/C15H12N2/c1-10-5-4-8-14-16-15-12-7-3-2-6-11(12)9-13(15)17(10)14/h2-8H,9H2,1H3. The molecule has 0 radical (unpaired) electrons. The van der Waals surface area contributed by atoms with Crippen molar-refractivity contribution in [3.8, 4) is 11.3 Å². The SMILES string of the molecule is Cc1cccc2nc3c(n12)Cc1ccccc1-3. The van der Waals surface area contributed by atoms with Crippen molar-refractivity contribution in [2.45, 2.75) is 13.3 Å². The Morgan fingerprint density at radius 2 is 1.94 bits per heavy atom. The number of pyridine rings is 1. The summed E-state index contributed by atoms with van der Waals surface area (Å²) in [4.78, 5) is 4.76. The van der Waals surface area contributed by atoms with Gasteiger partial charge < -0.3 is 4.40 Å². The van der Waals surface area contributed by atoms with E-state index in [1.54, 1.807) is 0 Å². The Hall–Kier alpha value is -2.09. The molecule has 1 aliphatic carbocycles. The van der Waals surface area contributed by atoms with Crippen LogP contribution >= 0.6 is 0 Å². The van der Waals surface area contributed by atoms with Crippen LogP contribution in [0.1, 0.15) is 17.0 Å². The Balaban J connectivity index is 2.13. The monoisotopic (exact) mass is 220 g/mol. The van der Waals surface area contributed by atoms with Gasteiger partial charge in [-0.3, -0.25) is 0 Å². The first-order valence-electron chi connectivity index (χ1n) is 5.90. The number of aromatic nitrogens is 2. The molecule has 0 saturated carbocycles. The van der Waals surface area contributed by atoms with Gasteiger partial charge in [0.1, 0.15) is 5.65 Å². The molecule has 0 saturated heterocycles. The zero-order valence-corrected chi connectivity index (χ0v) is 9.64. The second kappa shape index (κ2) is 2.98. The third kappa shape index (κ3) is 1.07. The van der Waals surface area contributed by atoms with Crippen LogP contribution in [0.15, 0.2) is 42.5 Å². The average Bonchev–Trinajstić information content (AvgIpc) is 2.85. The van der Waals surface area contributed by atoms with E-state index >= 15 is 0 Å². The minimum absolute atomic E-state index is 0.998. The van der Waals surface area contributed by atoms with Crippen LogP contribution in [-0.4, -0.2) is 9.38 Å². The molecule has 1 aliphatic rings. The Kier molecular flexibility index (Phi) is 1.57. The van der Waals surface area contributed by atoms with E-state index in [-0.39, 0.29) is 0 Å². The molecule has 2 aromatic heterocycles. The number of aryl methyl sites for hydroxylation is 1. The van der Waals surface area contributed by atoms with Gasteiger partial charge in [0, 0.05) is 17.7 Å². The van der Waals surface area contributed by atoms with E-state index in [0.717, 1.165) is 17.8 Å². The second-order valence-electron chi connectivity index (χ2n) is 4.60. The molecule has 0 aliphatic heterocycles. The van der Waals surface area contributed by atoms with E-state index in [1.165, 1.54) is 22.5 Å². The first-order chi connectivity index (χ1) is 8.34. The topological polar surface area (TPSA) is 17.3 Å². The zero-order valence-electron chi connectivity index (χ0n) is 9.64. The fourth-order valence-corrected chi connectivity index (χ4v) is 2.79. The molecule has 0 spiro atoms. The summed E-state index contributed by atoms with van der Waals surface area (Å²) >= 11 is 0. The molecule has 0 unspecified atom stereocenters. The average molecular weight is 220 g/mol. The maximum absolute atomic E-state index is 4.76. The summed E-state index contributed by atoms with van der Waals surface area (Å²) in [7, 11) is 0. The molecule has 0 fully saturated rings. The van der Waals surface area contributed by atoms with Gasteiger partial charge in [0.05, 0.1) is 11.4 Å². The van der Waals surface area contributed by atoms with Crippen molar-refractivity contribution in [1.29, 1.82) is 0 Å². The lowest BCUT2D eigenvalue weighted by atomic mass is 10.1. The lowest BCUT2D eigenvalue weighted by Crippen LogP contribution is -1.95. The van der Waals surface area contributed by atoms with E-state index < -0.39 is 0 Å². The number of hydrogen-bond acceptors (Lipinski definition) is 1. The van der Waals surface area contributed by atoms with Crippen LogP contribution in [0.25, 0.3) is 16.9 Å². The number of benzene rings is 1. The van der Waals surface area contributed by atoms with Gasteiger partial charge in [0.15, 0.2) is 0 Å². The Bertz CT molecular complexity index is 738. The van der Waals surface area contributed by atoms with Gasteiger partial charge in [-0.1, -0.05) is 30.3 Å². The minimum Gasteiger partial charge on any atom is -0.300 e. The maximum Gasteiger partial charge on any atom is 0.137 e. The van der Waals surface area contributed by atoms with Crippen LogP contribution in [0.5, 0.6) is 0 Å². The normalized spacial score (nSPS) is 12.8. The van der Waals surface area contributed by atoms with Gasteiger partial charge in [-0.15, -0.1) is 0 Å². The second-order valence-corrected chi connectivity index (χ2v) is 4.60. The summed E-state index contributed by atoms with van der Waals surface area (Å²) in [5.41, 5.74) is 7.50. The molecule has 0 atom stereocenters. The van der Waals surface area contributed by atoms with Crippen LogP contribution in [0.3, 0.4) is 0 Å². The van der Waals surface area contributed by atoms with Gasteiger partial charge in [-0.2, -0.15) is 0 Å². The molecule has 1 aromatic carbocycles. The molecule has 2 nitrogen and oxygen atoms in total. The lowest BCUT2D eigenvalue weighted by molar-refractivity contribution is 1.00. The third-order valence-corrected chi connectivity index (χ3v) is 3.56. The molecule has 0 bridgehead atoms. The van der Waals surface area contributed by atoms with Crippen molar-refractivity contribution >= 4 is 5.65 Å². The number of rotatable bonds is 0. The summed E-state index contributed by atoms with van der Waals surface area (Å²) in [6.07, 6.45) is 0.998. The highest BCUT2D eigenvalue weighted by Crippen LogP contribution is 2.36. The first kappa shape index (κ1) is 8.99. The van der Waals surface area contributed by atoms with Crippen LogP contribution in [0.2, 0.25) is 0 Å². The summed E-state index contributed by atoms with van der Waals surface area (Å²) < 4.78 is 2.27. The number of fused-ring (bicyclic) bond motifs is 5. The molecule has 4 rings (SSSR count). The third-order valence-electron chi connectivity index (χ3n) is 3.56. The van der Waals surface area contributed by atoms with E-state index in [0.29, 0.717) is 0 Å². The van der Waals surface area contributed by atoms with Crippen molar-refractivity contribution < 1.29 is 0 Å². The summed E-state index contributed by atoms with van der Waals surface area (Å²) in [6.45, 7) is 2.14. The number of nitrogens with zero attached hydrogens (tertiary/aromatic N) is 2. The van der Waals surface area contributed by atoms with Crippen molar-refractivity contribution in [1.82, 2.24) is 9.38 Å². The van der Waals surface area contributed by atoms with E-state index in [1.807, 2.05) is 0 Å². The number of hydrogen-bond donors (Lipinski definition) is 0. The van der Waals surface area contributed by atoms with Gasteiger partial charge in [0.2, 0.25) is 0 Å². The predicted octanol–water partition coefficient (Wildman–Crippen LogP) is 3.21. The Morgan fingerprint density at radius 1 is 1.06 bits per heavy atom. The fraction of sp³-hybridized carbons (Fsp3) is 0.133. The molecule has 82 valence electrons. The van der Waals surface area contributed by atoms with E-state index in [9.17, 15) is 0 Å². The Labute approximate surface area is 99.6 Å². The highest BCUT2D eigenvalue weighted by Gasteiger charge is 2.23. The highest BCUT2D eigenvalue weighted by molar-refractivity contribution is 5.75. The summed E-state index contributed by atoms with van der Waals surface area (Å²) in [5, 5.41) is 0. The van der Waals surface area contributed by atoms with Crippen LogP contribution in [0.4, 0.5) is 0 Å². The first-order valence-corrected chi connectivity index (χ1v) is 5.90. The zero-order chi connectivity index (χ0) is 11.4. The van der Waals surface area contributed by atoms with Crippen molar-refractivity contribution in [3.05, 3.63) is 59.4 Å². The summed E-state index contributed by atoms with van der Waals surface area (Å²) in [6, 6.07) is 14.8. The molecule has 3 aromatic rings. The lowest BCUT2D eigenvalue weighted by Gasteiger charge is -2.02. The summed E-state index contributed by atoms with van der Waals surface area (Å²) in [5.74, 6) is 0. The predicted molar refractivity (Wildman–Crippen MR) is 68.2 cm³/mol.